The monoisotopic (exact) mass is 574 g/mol. The molecule has 0 unspecified atom stereocenters. The standard InChI is InChI=1S/C16H20F6N4O8S2/c1-33-9(27)3-23-11(29)7(25-13(31)15(17,18)19)5-35-36-6-8(26-14(32)16(20,21)22)12(30)24-4-10(28)34-2/h7-8H,3-6H2,1-2H3,(H,23,29)(H,24,30)(H,25,31)(H,26,32)/t7-,8-/m0/s1. The van der Waals surface area contributed by atoms with Gasteiger partial charge in [0, 0.05) is 11.5 Å². The van der Waals surface area contributed by atoms with E-state index in [1.54, 1.807) is 0 Å². The highest BCUT2D eigenvalue weighted by Crippen LogP contribution is 2.24. The first kappa shape index (κ1) is 33.1. The molecule has 0 spiro atoms. The molecule has 12 nitrogen and oxygen atoms in total. The van der Waals surface area contributed by atoms with Crippen LogP contribution in [0, 0.1) is 0 Å². The summed E-state index contributed by atoms with van der Waals surface area (Å²) < 4.78 is 83.8. The van der Waals surface area contributed by atoms with Crippen LogP contribution in [0.15, 0.2) is 0 Å². The number of hydrogen-bond acceptors (Lipinski definition) is 10. The van der Waals surface area contributed by atoms with Crippen LogP contribution in [-0.4, -0.2) is 98.8 Å². The van der Waals surface area contributed by atoms with Crippen molar-refractivity contribution >= 4 is 57.2 Å². The molecule has 0 heterocycles. The van der Waals surface area contributed by atoms with Crippen LogP contribution < -0.4 is 21.3 Å². The summed E-state index contributed by atoms with van der Waals surface area (Å²) in [4.78, 5) is 68.8. The van der Waals surface area contributed by atoms with Crippen LogP contribution in [-0.2, 0) is 38.2 Å². The van der Waals surface area contributed by atoms with Gasteiger partial charge in [0.25, 0.3) is 0 Å². The fraction of sp³-hybridized carbons (Fsp3) is 0.625. The predicted octanol–water partition coefficient (Wildman–Crippen LogP) is -0.960. The molecular weight excluding hydrogens is 554 g/mol. The zero-order valence-electron chi connectivity index (χ0n) is 18.3. The number of carbonyl (C=O) groups is 6. The van der Waals surface area contributed by atoms with Crippen LogP contribution in [0.5, 0.6) is 0 Å². The maximum absolute atomic E-state index is 12.6. The Morgan fingerprint density at radius 1 is 0.667 bits per heavy atom. The molecule has 20 heteroatoms. The number of alkyl halides is 6. The lowest BCUT2D eigenvalue weighted by Crippen LogP contribution is -2.53. The molecule has 0 aliphatic carbocycles. The molecule has 0 aliphatic heterocycles. The molecule has 0 aliphatic rings. The van der Waals surface area contributed by atoms with E-state index in [1.807, 2.05) is 10.6 Å². The fourth-order valence-corrected chi connectivity index (χ4v) is 4.12. The number of hydrogen-bond donors (Lipinski definition) is 4. The van der Waals surface area contributed by atoms with Gasteiger partial charge >= 0.3 is 36.1 Å². The van der Waals surface area contributed by atoms with Crippen LogP contribution in [0.3, 0.4) is 0 Å². The topological polar surface area (TPSA) is 169 Å². The van der Waals surface area contributed by atoms with Gasteiger partial charge in [0.05, 0.1) is 14.2 Å². The predicted molar refractivity (Wildman–Crippen MR) is 111 cm³/mol. The zero-order valence-corrected chi connectivity index (χ0v) is 20.0. The third kappa shape index (κ3) is 13.3. The molecule has 4 N–H and O–H groups in total. The summed E-state index contributed by atoms with van der Waals surface area (Å²) in [5.41, 5.74) is 0. The lowest BCUT2D eigenvalue weighted by molar-refractivity contribution is -0.174. The van der Waals surface area contributed by atoms with Gasteiger partial charge in [-0.1, -0.05) is 21.6 Å². The number of amides is 4. The number of esters is 2. The van der Waals surface area contributed by atoms with Crippen LogP contribution in [0.2, 0.25) is 0 Å². The van der Waals surface area contributed by atoms with E-state index in [1.165, 1.54) is 10.6 Å². The zero-order chi connectivity index (χ0) is 28.1. The molecule has 2 atom stereocenters. The van der Waals surface area contributed by atoms with Gasteiger partial charge in [-0.15, -0.1) is 0 Å². The Bertz CT molecular complexity index is 761. The average molecular weight is 574 g/mol. The van der Waals surface area contributed by atoms with Gasteiger partial charge in [0.2, 0.25) is 11.8 Å². The number of nitrogens with one attached hydrogen (secondary N) is 4. The Morgan fingerprint density at radius 3 is 1.22 bits per heavy atom. The molecule has 0 fully saturated rings. The summed E-state index contributed by atoms with van der Waals surface area (Å²) in [7, 11) is 3.03. The van der Waals surface area contributed by atoms with E-state index in [2.05, 4.69) is 9.47 Å². The Morgan fingerprint density at radius 2 is 0.972 bits per heavy atom. The molecule has 0 rings (SSSR count). The van der Waals surface area contributed by atoms with E-state index < -0.39 is 84.6 Å². The molecule has 0 aromatic rings. The van der Waals surface area contributed by atoms with E-state index in [4.69, 9.17) is 0 Å². The van der Waals surface area contributed by atoms with Crippen molar-refractivity contribution in [1.29, 1.82) is 0 Å². The summed E-state index contributed by atoms with van der Waals surface area (Å²) >= 11 is 0. The van der Waals surface area contributed by atoms with Gasteiger partial charge in [-0.05, 0) is 0 Å². The van der Waals surface area contributed by atoms with Crippen LogP contribution >= 0.6 is 21.6 Å². The summed E-state index contributed by atoms with van der Waals surface area (Å²) in [6, 6.07) is -3.73. The van der Waals surface area contributed by atoms with Gasteiger partial charge in [0.15, 0.2) is 0 Å². The number of methoxy groups -OCH3 is 2. The van der Waals surface area contributed by atoms with Crippen LogP contribution in [0.1, 0.15) is 0 Å². The van der Waals surface area contributed by atoms with Crippen molar-refractivity contribution < 1.29 is 64.6 Å². The first-order valence-corrected chi connectivity index (χ1v) is 11.7. The van der Waals surface area contributed by atoms with Crippen molar-refractivity contribution in [1.82, 2.24) is 21.3 Å². The van der Waals surface area contributed by atoms with Gasteiger partial charge in [-0.3, -0.25) is 28.8 Å². The minimum absolute atomic E-state index is 0.545. The number of carbonyl (C=O) groups excluding carboxylic acids is 6. The SMILES string of the molecule is COC(=O)CNC(=O)[C@H](CSSC[C@H](NC(=O)C(F)(F)F)C(=O)NCC(=O)OC)NC(=O)C(F)(F)F. The Hall–Kier alpha value is -2.90. The van der Waals surface area contributed by atoms with Crippen LogP contribution in [0.4, 0.5) is 26.3 Å². The van der Waals surface area contributed by atoms with Gasteiger partial charge in [-0.2, -0.15) is 26.3 Å². The molecule has 0 saturated heterocycles. The Balaban J connectivity index is 5.23. The van der Waals surface area contributed by atoms with Crippen molar-refractivity contribution in [3.8, 4) is 0 Å². The number of halogens is 6. The molecular formula is C16H20F6N4O8S2. The fourth-order valence-electron chi connectivity index (χ4n) is 1.79. The molecule has 0 saturated carbocycles. The van der Waals surface area contributed by atoms with Crippen molar-refractivity contribution in [3.05, 3.63) is 0 Å². The third-order valence-corrected chi connectivity index (χ3v) is 6.00. The Labute approximate surface area is 206 Å². The van der Waals surface area contributed by atoms with Crippen molar-refractivity contribution in [2.24, 2.45) is 0 Å². The van der Waals surface area contributed by atoms with Gasteiger partial charge in [0.1, 0.15) is 25.2 Å². The molecule has 0 aromatic carbocycles. The highest BCUT2D eigenvalue weighted by Gasteiger charge is 2.42. The number of rotatable bonds is 13. The van der Waals surface area contributed by atoms with Crippen molar-refractivity contribution in [2.45, 2.75) is 24.4 Å². The molecule has 0 radical (unpaired) electrons. The van der Waals surface area contributed by atoms with Gasteiger partial charge in [-0.25, -0.2) is 0 Å². The second kappa shape index (κ2) is 15.3. The van der Waals surface area contributed by atoms with E-state index in [0.29, 0.717) is 21.6 Å². The van der Waals surface area contributed by atoms with E-state index >= 15 is 0 Å². The van der Waals surface area contributed by atoms with E-state index in [0.717, 1.165) is 14.2 Å². The van der Waals surface area contributed by atoms with Crippen LogP contribution in [0.25, 0.3) is 0 Å². The quantitative estimate of drug-likeness (QED) is 0.0931. The van der Waals surface area contributed by atoms with Crippen molar-refractivity contribution in [2.75, 3.05) is 38.8 Å². The highest BCUT2D eigenvalue weighted by molar-refractivity contribution is 8.76. The minimum atomic E-state index is -5.36. The normalized spacial score (nSPS) is 13.0. The largest absolute Gasteiger partial charge is 0.471 e. The maximum Gasteiger partial charge on any atom is 0.471 e. The highest BCUT2D eigenvalue weighted by atomic mass is 33.1. The van der Waals surface area contributed by atoms with Crippen molar-refractivity contribution in [3.63, 3.8) is 0 Å². The minimum Gasteiger partial charge on any atom is -0.468 e. The smallest absolute Gasteiger partial charge is 0.468 e. The van der Waals surface area contributed by atoms with E-state index in [9.17, 15) is 55.1 Å². The lowest BCUT2D eigenvalue weighted by atomic mass is 10.3. The first-order chi connectivity index (χ1) is 16.5. The molecule has 4 amide bonds. The lowest BCUT2D eigenvalue weighted by Gasteiger charge is -2.20. The number of ether oxygens (including phenoxy) is 2. The molecule has 36 heavy (non-hydrogen) atoms. The summed E-state index contributed by atoms with van der Waals surface area (Å²) in [5.74, 6) is -10.5. The summed E-state index contributed by atoms with van der Waals surface area (Å²) in [5, 5.41) is 6.63. The average Bonchev–Trinajstić information content (AvgIpc) is 2.79. The Kier molecular flexibility index (Phi) is 14.0. The third-order valence-electron chi connectivity index (χ3n) is 3.58. The maximum atomic E-state index is 12.6. The molecule has 206 valence electrons. The second-order valence-electron chi connectivity index (χ2n) is 6.20. The van der Waals surface area contributed by atoms with E-state index in [-0.39, 0.29) is 0 Å². The second-order valence-corrected chi connectivity index (χ2v) is 8.76. The molecule has 0 aromatic heterocycles. The summed E-state index contributed by atoms with van der Waals surface area (Å²) in [6.07, 6.45) is -10.7. The first-order valence-electron chi connectivity index (χ1n) is 9.21. The van der Waals surface area contributed by atoms with Gasteiger partial charge < -0.3 is 30.7 Å². The molecule has 0 bridgehead atoms. The summed E-state index contributed by atoms with van der Waals surface area (Å²) in [6.45, 7) is -1.48.